The van der Waals surface area contributed by atoms with Crippen LogP contribution in [0.25, 0.3) is 0 Å². The summed E-state index contributed by atoms with van der Waals surface area (Å²) in [5.41, 5.74) is 0. The van der Waals surface area contributed by atoms with Crippen molar-refractivity contribution >= 4 is 28.3 Å². The van der Waals surface area contributed by atoms with E-state index in [-0.39, 0.29) is 51.9 Å². The molecule has 30 heavy (non-hydrogen) atoms. The Morgan fingerprint density at radius 2 is 1.47 bits per heavy atom. The van der Waals surface area contributed by atoms with E-state index in [1.165, 1.54) is 0 Å². The van der Waals surface area contributed by atoms with Crippen molar-refractivity contribution in [3.8, 4) is 0 Å². The zero-order valence-corrected chi connectivity index (χ0v) is 23.1. The molecular formula is C23H45NO4Si2. The van der Waals surface area contributed by atoms with E-state index in [0.717, 1.165) is 19.3 Å². The summed E-state index contributed by atoms with van der Waals surface area (Å²) in [6, 6.07) is -0.129. The lowest BCUT2D eigenvalue weighted by molar-refractivity contribution is -0.148. The summed E-state index contributed by atoms with van der Waals surface area (Å²) < 4.78 is 13.0. The van der Waals surface area contributed by atoms with Gasteiger partial charge in [0.15, 0.2) is 22.4 Å². The van der Waals surface area contributed by atoms with Crippen LogP contribution in [0.4, 0.5) is 0 Å². The molecule has 1 amide bonds. The monoisotopic (exact) mass is 455 g/mol. The standard InChI is InChI=1S/C23H45NO4Si2/c1-15(27-29(8,9)22(2,3)4)18-19(24-21(18)26)16-13-12-14-17(20(16)25)28-30(10,11)23(5,6)7/h15-19H,12-14H2,1-11H3,(H,24,26)/t15-,16-,17-,18-,19-/m1/s1. The van der Waals surface area contributed by atoms with Crippen molar-refractivity contribution in [3.63, 3.8) is 0 Å². The van der Waals surface area contributed by atoms with Gasteiger partial charge in [-0.2, -0.15) is 0 Å². The molecule has 1 heterocycles. The van der Waals surface area contributed by atoms with Crippen LogP contribution in [0.3, 0.4) is 0 Å². The van der Waals surface area contributed by atoms with E-state index in [1.807, 2.05) is 6.92 Å². The van der Waals surface area contributed by atoms with Gasteiger partial charge in [-0.3, -0.25) is 9.59 Å². The molecule has 0 aromatic heterocycles. The Morgan fingerprint density at radius 3 is 1.93 bits per heavy atom. The van der Waals surface area contributed by atoms with Gasteiger partial charge in [-0.05, 0) is 62.5 Å². The normalized spacial score (nSPS) is 30.0. The summed E-state index contributed by atoms with van der Waals surface area (Å²) in [6.45, 7) is 24.1. The zero-order chi connectivity index (χ0) is 23.3. The van der Waals surface area contributed by atoms with Crippen molar-refractivity contribution in [2.24, 2.45) is 11.8 Å². The van der Waals surface area contributed by atoms with E-state index in [2.05, 4.69) is 73.0 Å². The van der Waals surface area contributed by atoms with Crippen LogP contribution in [0.15, 0.2) is 0 Å². The molecule has 1 aliphatic carbocycles. The Hall–Kier alpha value is -0.506. The highest BCUT2D eigenvalue weighted by atomic mass is 28.4. The molecular weight excluding hydrogens is 410 g/mol. The first kappa shape index (κ1) is 25.8. The van der Waals surface area contributed by atoms with Gasteiger partial charge in [-0.15, -0.1) is 0 Å². The van der Waals surface area contributed by atoms with Gasteiger partial charge in [-0.1, -0.05) is 41.5 Å². The molecule has 0 aromatic rings. The van der Waals surface area contributed by atoms with Gasteiger partial charge in [0.2, 0.25) is 5.91 Å². The minimum absolute atomic E-state index is 0.0199. The molecule has 174 valence electrons. The summed E-state index contributed by atoms with van der Waals surface area (Å²) in [5, 5.41) is 3.19. The molecule has 0 spiro atoms. The van der Waals surface area contributed by atoms with E-state index < -0.39 is 16.6 Å². The van der Waals surface area contributed by atoms with E-state index in [1.54, 1.807) is 0 Å². The molecule has 0 aromatic carbocycles. The average Bonchev–Trinajstić information content (AvgIpc) is 2.51. The van der Waals surface area contributed by atoms with Gasteiger partial charge >= 0.3 is 0 Å². The van der Waals surface area contributed by atoms with Crippen LogP contribution in [0.1, 0.15) is 67.7 Å². The van der Waals surface area contributed by atoms with Crippen LogP contribution in [-0.4, -0.2) is 46.6 Å². The maximum atomic E-state index is 13.4. The SMILES string of the molecule is C[C@@H](O[Si](C)(C)C(C)(C)C)[C@H]1C(=O)N[C@@H]1[C@H]1CCC[C@@H](O[Si](C)(C)C(C)(C)C)C1=O. The number of carbonyl (C=O) groups is 2. The fraction of sp³-hybridized carbons (Fsp3) is 0.913. The number of β-lactam (4-membered cyclic amide) rings is 1. The number of ketones is 1. The molecule has 5 nitrogen and oxygen atoms in total. The van der Waals surface area contributed by atoms with Crippen LogP contribution in [-0.2, 0) is 18.4 Å². The largest absolute Gasteiger partial charge is 0.413 e. The fourth-order valence-corrected chi connectivity index (χ4v) is 6.77. The highest BCUT2D eigenvalue weighted by molar-refractivity contribution is 6.74. The van der Waals surface area contributed by atoms with Gasteiger partial charge in [0.25, 0.3) is 0 Å². The lowest BCUT2D eigenvalue weighted by Crippen LogP contribution is -2.68. The third kappa shape index (κ3) is 5.10. The quantitative estimate of drug-likeness (QED) is 0.438. The first-order valence-corrected chi connectivity index (χ1v) is 17.4. The van der Waals surface area contributed by atoms with Crippen molar-refractivity contribution in [2.75, 3.05) is 0 Å². The molecule has 7 heteroatoms. The van der Waals surface area contributed by atoms with Crippen molar-refractivity contribution in [3.05, 3.63) is 0 Å². The maximum absolute atomic E-state index is 13.4. The van der Waals surface area contributed by atoms with E-state index in [0.29, 0.717) is 0 Å². The molecule has 2 rings (SSSR count). The summed E-state index contributed by atoms with van der Waals surface area (Å²) >= 11 is 0. The predicted octanol–water partition coefficient (Wildman–Crippen LogP) is 5.27. The Kier molecular flexibility index (Phi) is 7.25. The molecule has 2 aliphatic rings. The number of Topliss-reactive ketones (excluding diaryl/α,β-unsaturated/α-hetero) is 1. The van der Waals surface area contributed by atoms with Gasteiger partial charge < -0.3 is 14.2 Å². The number of nitrogens with one attached hydrogen (secondary N) is 1. The van der Waals surface area contributed by atoms with Crippen LogP contribution in [0, 0.1) is 11.8 Å². The van der Waals surface area contributed by atoms with E-state index in [9.17, 15) is 9.59 Å². The van der Waals surface area contributed by atoms with Gasteiger partial charge in [0.1, 0.15) is 6.10 Å². The first-order chi connectivity index (χ1) is 13.4. The van der Waals surface area contributed by atoms with Crippen molar-refractivity contribution in [1.29, 1.82) is 0 Å². The number of hydrogen-bond acceptors (Lipinski definition) is 4. The van der Waals surface area contributed by atoms with Gasteiger partial charge in [-0.25, -0.2) is 0 Å². The van der Waals surface area contributed by atoms with E-state index in [4.69, 9.17) is 8.85 Å². The summed E-state index contributed by atoms with van der Waals surface area (Å²) in [4.78, 5) is 25.9. The smallest absolute Gasteiger partial charge is 0.228 e. The molecule has 1 aliphatic heterocycles. The second-order valence-corrected chi connectivity index (χ2v) is 22.0. The molecule has 1 saturated carbocycles. The first-order valence-electron chi connectivity index (χ1n) is 11.6. The Bertz CT molecular complexity index is 663. The van der Waals surface area contributed by atoms with Crippen LogP contribution >= 0.6 is 0 Å². The van der Waals surface area contributed by atoms with E-state index >= 15 is 0 Å². The summed E-state index contributed by atoms with van der Waals surface area (Å²) in [5.74, 6) is -0.214. The van der Waals surface area contributed by atoms with Crippen molar-refractivity contribution in [2.45, 2.75) is 122 Å². The number of amides is 1. The van der Waals surface area contributed by atoms with Crippen LogP contribution < -0.4 is 5.32 Å². The summed E-state index contributed by atoms with van der Waals surface area (Å²) in [6.07, 6.45) is 2.07. The van der Waals surface area contributed by atoms with Gasteiger partial charge in [0.05, 0.1) is 18.1 Å². The molecule has 0 bridgehead atoms. The highest BCUT2D eigenvalue weighted by Gasteiger charge is 2.53. The molecule has 1 saturated heterocycles. The lowest BCUT2D eigenvalue weighted by Gasteiger charge is -2.49. The lowest BCUT2D eigenvalue weighted by atomic mass is 9.71. The minimum Gasteiger partial charge on any atom is -0.413 e. The molecule has 2 fully saturated rings. The topological polar surface area (TPSA) is 64.6 Å². The molecule has 5 atom stereocenters. The highest BCUT2D eigenvalue weighted by Crippen LogP contribution is 2.42. The fourth-order valence-electron chi connectivity index (χ4n) is 4.04. The maximum Gasteiger partial charge on any atom is 0.228 e. The van der Waals surface area contributed by atoms with Crippen LogP contribution in [0.2, 0.25) is 36.3 Å². The second-order valence-electron chi connectivity index (χ2n) is 12.5. The Balaban J connectivity index is 2.13. The average molecular weight is 456 g/mol. The molecule has 1 N–H and O–H groups in total. The second kappa shape index (κ2) is 8.45. The Morgan fingerprint density at radius 1 is 0.933 bits per heavy atom. The zero-order valence-electron chi connectivity index (χ0n) is 21.1. The molecule has 0 unspecified atom stereocenters. The van der Waals surface area contributed by atoms with Crippen molar-refractivity contribution in [1.82, 2.24) is 5.32 Å². The summed E-state index contributed by atoms with van der Waals surface area (Å²) in [7, 11) is -4.01. The number of hydrogen-bond donors (Lipinski definition) is 1. The van der Waals surface area contributed by atoms with Gasteiger partial charge in [0, 0.05) is 5.92 Å². The minimum atomic E-state index is -2.02. The third-order valence-electron chi connectivity index (χ3n) is 8.13. The van der Waals surface area contributed by atoms with Crippen LogP contribution in [0.5, 0.6) is 0 Å². The predicted molar refractivity (Wildman–Crippen MR) is 128 cm³/mol. The third-order valence-corrected chi connectivity index (χ3v) is 17.2. The molecule has 0 radical (unpaired) electrons. The number of rotatable bonds is 6. The number of carbonyl (C=O) groups excluding carboxylic acids is 2. The Labute approximate surface area is 186 Å². The van der Waals surface area contributed by atoms with Crippen molar-refractivity contribution < 1.29 is 18.4 Å².